The molecule has 104 valence electrons. The molecule has 0 saturated carbocycles. The van der Waals surface area contributed by atoms with Gasteiger partial charge >= 0.3 is 5.97 Å². The lowest BCUT2D eigenvalue weighted by atomic mass is 10.1. The second-order valence-electron chi connectivity index (χ2n) is 4.46. The number of carbonyl (C=O) groups is 1. The molecule has 0 heterocycles. The third kappa shape index (κ3) is 3.15. The van der Waals surface area contributed by atoms with E-state index in [1.54, 1.807) is 42.5 Å². The minimum atomic E-state index is -0.950. The molecule has 0 radical (unpaired) electrons. The molecule has 0 atom stereocenters. The highest BCUT2D eigenvalue weighted by atomic mass is 19.1. The monoisotopic (exact) mass is 273 g/mol. The molecule has 0 aliphatic heterocycles. The average molecular weight is 273 g/mol. The molecule has 2 rings (SSSR count). The van der Waals surface area contributed by atoms with Gasteiger partial charge in [-0.1, -0.05) is 18.2 Å². The molecule has 0 saturated heterocycles. The fraction of sp³-hybridized carbons (Fsp3) is 0.188. The van der Waals surface area contributed by atoms with E-state index in [4.69, 9.17) is 5.11 Å². The summed E-state index contributed by atoms with van der Waals surface area (Å²) in [6.07, 6.45) is 0. The van der Waals surface area contributed by atoms with E-state index in [0.717, 1.165) is 5.69 Å². The molecule has 0 bridgehead atoms. The number of nitrogens with zero attached hydrogens (tertiary/aromatic N) is 1. The van der Waals surface area contributed by atoms with Gasteiger partial charge in [0.25, 0.3) is 0 Å². The van der Waals surface area contributed by atoms with Gasteiger partial charge in [0, 0.05) is 24.3 Å². The minimum Gasteiger partial charge on any atom is -0.478 e. The first-order valence-electron chi connectivity index (χ1n) is 6.43. The predicted molar refractivity (Wildman–Crippen MR) is 76.5 cm³/mol. The lowest BCUT2D eigenvalue weighted by Crippen LogP contribution is -2.22. The number of hydrogen-bond acceptors (Lipinski definition) is 2. The van der Waals surface area contributed by atoms with Gasteiger partial charge in [0.15, 0.2) is 0 Å². The van der Waals surface area contributed by atoms with Crippen molar-refractivity contribution in [2.45, 2.75) is 13.5 Å². The van der Waals surface area contributed by atoms with Crippen LogP contribution >= 0.6 is 0 Å². The topological polar surface area (TPSA) is 40.5 Å². The SMILES string of the molecule is CCN(Cc1ccccc1F)c1ccc(C(=O)O)cc1. The van der Waals surface area contributed by atoms with Crippen molar-refractivity contribution in [2.24, 2.45) is 0 Å². The minimum absolute atomic E-state index is 0.229. The van der Waals surface area contributed by atoms with Crippen LogP contribution in [0.1, 0.15) is 22.8 Å². The molecule has 0 amide bonds. The summed E-state index contributed by atoms with van der Waals surface area (Å²) in [5.74, 6) is -1.18. The van der Waals surface area contributed by atoms with Crippen molar-refractivity contribution >= 4 is 11.7 Å². The van der Waals surface area contributed by atoms with Crippen LogP contribution in [0, 0.1) is 5.82 Å². The number of anilines is 1. The smallest absolute Gasteiger partial charge is 0.335 e. The van der Waals surface area contributed by atoms with Crippen LogP contribution in [-0.4, -0.2) is 17.6 Å². The van der Waals surface area contributed by atoms with Crippen molar-refractivity contribution in [3.63, 3.8) is 0 Å². The summed E-state index contributed by atoms with van der Waals surface area (Å²) in [5.41, 5.74) is 1.74. The maximum absolute atomic E-state index is 13.7. The summed E-state index contributed by atoms with van der Waals surface area (Å²) < 4.78 is 13.7. The molecule has 0 aromatic heterocycles. The standard InChI is InChI=1S/C16H16FNO2/c1-2-18(11-13-5-3-4-6-15(13)17)14-9-7-12(8-10-14)16(19)20/h3-10H,2,11H2,1H3,(H,19,20). The molecule has 0 aliphatic rings. The van der Waals surface area contributed by atoms with E-state index in [2.05, 4.69) is 0 Å². The van der Waals surface area contributed by atoms with E-state index in [1.807, 2.05) is 11.8 Å². The fourth-order valence-corrected chi connectivity index (χ4v) is 2.03. The Labute approximate surface area is 117 Å². The summed E-state index contributed by atoms with van der Waals surface area (Å²) >= 11 is 0. The van der Waals surface area contributed by atoms with Crippen LogP contribution < -0.4 is 4.90 Å². The van der Waals surface area contributed by atoms with Crippen LogP contribution in [0.4, 0.5) is 10.1 Å². The first-order chi connectivity index (χ1) is 9.61. The molecule has 1 N–H and O–H groups in total. The number of aromatic carboxylic acids is 1. The first-order valence-corrected chi connectivity index (χ1v) is 6.43. The lowest BCUT2D eigenvalue weighted by molar-refractivity contribution is 0.0697. The molecule has 0 fully saturated rings. The van der Waals surface area contributed by atoms with E-state index in [0.29, 0.717) is 18.7 Å². The van der Waals surface area contributed by atoms with Crippen molar-refractivity contribution in [2.75, 3.05) is 11.4 Å². The zero-order valence-corrected chi connectivity index (χ0v) is 11.2. The van der Waals surface area contributed by atoms with Gasteiger partial charge in [-0.05, 0) is 37.3 Å². The number of halogens is 1. The zero-order chi connectivity index (χ0) is 14.5. The average Bonchev–Trinajstić information content (AvgIpc) is 2.46. The van der Waals surface area contributed by atoms with Crippen LogP contribution in [0.25, 0.3) is 0 Å². The highest BCUT2D eigenvalue weighted by Gasteiger charge is 2.09. The predicted octanol–water partition coefficient (Wildman–Crippen LogP) is 3.55. The zero-order valence-electron chi connectivity index (χ0n) is 11.2. The maximum Gasteiger partial charge on any atom is 0.335 e. The molecular formula is C16H16FNO2. The first kappa shape index (κ1) is 14.1. The summed E-state index contributed by atoms with van der Waals surface area (Å²) in [6.45, 7) is 3.14. The van der Waals surface area contributed by atoms with Gasteiger partial charge in [-0.2, -0.15) is 0 Å². The largest absolute Gasteiger partial charge is 0.478 e. The highest BCUT2D eigenvalue weighted by Crippen LogP contribution is 2.19. The van der Waals surface area contributed by atoms with Crippen LogP contribution in [-0.2, 0) is 6.54 Å². The van der Waals surface area contributed by atoms with Gasteiger partial charge < -0.3 is 10.0 Å². The van der Waals surface area contributed by atoms with Crippen molar-refractivity contribution in [1.29, 1.82) is 0 Å². The van der Waals surface area contributed by atoms with Gasteiger partial charge in [0.2, 0.25) is 0 Å². The number of benzene rings is 2. The Kier molecular flexibility index (Phi) is 4.35. The van der Waals surface area contributed by atoms with Crippen LogP contribution in [0.2, 0.25) is 0 Å². The molecule has 0 unspecified atom stereocenters. The summed E-state index contributed by atoms with van der Waals surface area (Å²) in [5, 5.41) is 8.88. The van der Waals surface area contributed by atoms with Crippen LogP contribution in [0.3, 0.4) is 0 Å². The second-order valence-corrected chi connectivity index (χ2v) is 4.46. The van der Waals surface area contributed by atoms with Gasteiger partial charge in [0.05, 0.1) is 5.56 Å². The van der Waals surface area contributed by atoms with Gasteiger partial charge in [-0.15, -0.1) is 0 Å². The maximum atomic E-state index is 13.7. The van der Waals surface area contributed by atoms with Gasteiger partial charge in [-0.25, -0.2) is 9.18 Å². The van der Waals surface area contributed by atoms with E-state index >= 15 is 0 Å². The van der Waals surface area contributed by atoms with Crippen molar-refractivity contribution < 1.29 is 14.3 Å². The normalized spacial score (nSPS) is 10.3. The molecule has 2 aromatic rings. The number of rotatable bonds is 5. The van der Waals surface area contributed by atoms with E-state index in [1.165, 1.54) is 6.07 Å². The number of carboxylic acids is 1. The van der Waals surface area contributed by atoms with Crippen LogP contribution in [0.5, 0.6) is 0 Å². The molecule has 0 spiro atoms. The summed E-state index contributed by atoms with van der Waals surface area (Å²) in [4.78, 5) is 12.8. The molecule has 0 aliphatic carbocycles. The Bertz CT molecular complexity index is 596. The lowest BCUT2D eigenvalue weighted by Gasteiger charge is -2.23. The van der Waals surface area contributed by atoms with E-state index < -0.39 is 5.97 Å². The van der Waals surface area contributed by atoms with E-state index in [-0.39, 0.29) is 11.4 Å². The molecular weight excluding hydrogens is 257 g/mol. The molecule has 4 heteroatoms. The van der Waals surface area contributed by atoms with Crippen molar-refractivity contribution in [3.8, 4) is 0 Å². The number of hydrogen-bond donors (Lipinski definition) is 1. The third-order valence-corrected chi connectivity index (χ3v) is 3.18. The Balaban J connectivity index is 2.20. The third-order valence-electron chi connectivity index (χ3n) is 3.18. The Morgan fingerprint density at radius 3 is 2.35 bits per heavy atom. The quantitative estimate of drug-likeness (QED) is 0.905. The Morgan fingerprint density at radius 2 is 1.80 bits per heavy atom. The van der Waals surface area contributed by atoms with Gasteiger partial charge in [-0.3, -0.25) is 0 Å². The Morgan fingerprint density at radius 1 is 1.15 bits per heavy atom. The van der Waals surface area contributed by atoms with Crippen molar-refractivity contribution in [1.82, 2.24) is 0 Å². The van der Waals surface area contributed by atoms with Crippen molar-refractivity contribution in [3.05, 3.63) is 65.5 Å². The number of carboxylic acid groups (broad SMARTS) is 1. The summed E-state index contributed by atoms with van der Waals surface area (Å²) in [6, 6.07) is 13.3. The molecule has 2 aromatic carbocycles. The highest BCUT2D eigenvalue weighted by molar-refractivity contribution is 5.88. The fourth-order valence-electron chi connectivity index (χ4n) is 2.03. The summed E-state index contributed by atoms with van der Waals surface area (Å²) in [7, 11) is 0. The van der Waals surface area contributed by atoms with E-state index in [9.17, 15) is 9.18 Å². The van der Waals surface area contributed by atoms with Crippen LogP contribution in [0.15, 0.2) is 48.5 Å². The second kappa shape index (κ2) is 6.19. The molecule has 3 nitrogen and oxygen atoms in total. The van der Waals surface area contributed by atoms with Gasteiger partial charge in [0.1, 0.15) is 5.82 Å². The Hall–Kier alpha value is -2.36. The molecule has 20 heavy (non-hydrogen) atoms.